The Labute approximate surface area is 111 Å². The maximum atomic E-state index is 11.2. The number of halogens is 1. The van der Waals surface area contributed by atoms with Crippen molar-refractivity contribution in [3.8, 4) is 0 Å². The molecule has 3 N–H and O–H groups in total. The van der Waals surface area contributed by atoms with Gasteiger partial charge in [-0.2, -0.15) is 0 Å². The Kier molecular flexibility index (Phi) is 4.83. The minimum absolute atomic E-state index is 0.164. The second-order valence-electron chi connectivity index (χ2n) is 3.46. The topological polar surface area (TPSA) is 104 Å². The van der Waals surface area contributed by atoms with Gasteiger partial charge in [0.2, 0.25) is 0 Å². The van der Waals surface area contributed by atoms with Crippen LogP contribution in [0, 0.1) is 0 Å². The Bertz CT molecular complexity index is 473. The van der Waals surface area contributed by atoms with Gasteiger partial charge in [0.15, 0.2) is 6.10 Å². The first-order chi connectivity index (χ1) is 8.38. The first-order valence-electron chi connectivity index (χ1n) is 4.85. The minimum Gasteiger partial charge on any atom is -0.479 e. The predicted molar refractivity (Wildman–Crippen MR) is 64.1 cm³/mol. The molecule has 18 heavy (non-hydrogen) atoms. The number of aliphatic hydroxyl groups is 2. The van der Waals surface area contributed by atoms with E-state index in [0.29, 0.717) is 4.47 Å². The average Bonchev–Trinajstić information content (AvgIpc) is 2.35. The highest BCUT2D eigenvalue weighted by Gasteiger charge is 2.27. The second-order valence-corrected chi connectivity index (χ2v) is 4.31. The molecule has 1 rings (SSSR count). The maximum Gasteiger partial charge on any atom is 0.337 e. The third-order valence-electron chi connectivity index (χ3n) is 2.29. The summed E-state index contributed by atoms with van der Waals surface area (Å²) in [7, 11) is 1.23. The number of carboxylic acids is 1. The fourth-order valence-electron chi connectivity index (χ4n) is 1.32. The molecule has 0 saturated heterocycles. The number of hydrogen-bond donors (Lipinski definition) is 3. The lowest BCUT2D eigenvalue weighted by atomic mass is 10.0. The van der Waals surface area contributed by atoms with Crippen molar-refractivity contribution in [2.45, 2.75) is 12.2 Å². The van der Waals surface area contributed by atoms with E-state index in [1.807, 2.05) is 0 Å². The molecule has 0 amide bonds. The van der Waals surface area contributed by atoms with Crippen LogP contribution in [0.3, 0.4) is 0 Å². The van der Waals surface area contributed by atoms with Gasteiger partial charge in [-0.3, -0.25) is 0 Å². The van der Waals surface area contributed by atoms with E-state index in [-0.39, 0.29) is 11.1 Å². The van der Waals surface area contributed by atoms with Crippen molar-refractivity contribution in [3.63, 3.8) is 0 Å². The zero-order valence-electron chi connectivity index (χ0n) is 9.33. The molecule has 0 aliphatic rings. The first-order valence-corrected chi connectivity index (χ1v) is 5.64. The van der Waals surface area contributed by atoms with Crippen molar-refractivity contribution in [1.29, 1.82) is 0 Å². The lowest BCUT2D eigenvalue weighted by Crippen LogP contribution is -2.27. The number of carbonyl (C=O) groups excluding carboxylic acids is 1. The van der Waals surface area contributed by atoms with Crippen LogP contribution in [0.1, 0.15) is 22.0 Å². The van der Waals surface area contributed by atoms with E-state index in [1.165, 1.54) is 25.3 Å². The molecule has 6 nitrogen and oxygen atoms in total. The smallest absolute Gasteiger partial charge is 0.337 e. The zero-order valence-corrected chi connectivity index (χ0v) is 10.9. The largest absolute Gasteiger partial charge is 0.479 e. The monoisotopic (exact) mass is 318 g/mol. The van der Waals surface area contributed by atoms with Crippen molar-refractivity contribution >= 4 is 27.9 Å². The molecule has 0 radical (unpaired) electrons. The van der Waals surface area contributed by atoms with Crippen LogP contribution in [-0.2, 0) is 9.53 Å². The maximum absolute atomic E-state index is 11.2. The summed E-state index contributed by atoms with van der Waals surface area (Å²) in [5.41, 5.74) is 0.405. The molecule has 2 unspecified atom stereocenters. The molecule has 0 aromatic heterocycles. The predicted octanol–water partition coefficient (Wildman–Crippen LogP) is 0.715. The van der Waals surface area contributed by atoms with Gasteiger partial charge >= 0.3 is 11.9 Å². The molecule has 0 bridgehead atoms. The van der Waals surface area contributed by atoms with Crippen LogP contribution in [0.5, 0.6) is 0 Å². The highest BCUT2D eigenvalue weighted by atomic mass is 79.9. The van der Waals surface area contributed by atoms with Crippen LogP contribution in [0.2, 0.25) is 0 Å². The number of carbonyl (C=O) groups is 2. The normalized spacial score (nSPS) is 13.8. The van der Waals surface area contributed by atoms with E-state index in [2.05, 4.69) is 20.7 Å². The third-order valence-corrected chi connectivity index (χ3v) is 2.98. The molecule has 98 valence electrons. The second kappa shape index (κ2) is 5.94. The van der Waals surface area contributed by atoms with Gasteiger partial charge in [-0.1, -0.05) is 22.0 Å². The number of aliphatic carboxylic acids is 1. The summed E-state index contributed by atoms with van der Waals surface area (Å²) in [6, 6.07) is 4.08. The van der Waals surface area contributed by atoms with E-state index in [4.69, 9.17) is 5.11 Å². The number of hydrogen-bond acceptors (Lipinski definition) is 5. The Morgan fingerprint density at radius 2 is 1.94 bits per heavy atom. The molecule has 2 atom stereocenters. The lowest BCUT2D eigenvalue weighted by Gasteiger charge is -2.16. The third kappa shape index (κ3) is 3.06. The lowest BCUT2D eigenvalue weighted by molar-refractivity contribution is -0.153. The summed E-state index contributed by atoms with van der Waals surface area (Å²) in [6.07, 6.45) is -3.53. The number of carboxylic acid groups (broad SMARTS) is 1. The fraction of sp³-hybridized carbons (Fsp3) is 0.273. The number of esters is 1. The van der Waals surface area contributed by atoms with Crippen LogP contribution < -0.4 is 0 Å². The van der Waals surface area contributed by atoms with Crippen LogP contribution in [0.15, 0.2) is 22.7 Å². The molecular formula is C11H11BrO6. The highest BCUT2D eigenvalue weighted by molar-refractivity contribution is 9.10. The van der Waals surface area contributed by atoms with Gasteiger partial charge in [0.05, 0.1) is 12.7 Å². The number of methoxy groups -OCH3 is 1. The van der Waals surface area contributed by atoms with Gasteiger partial charge < -0.3 is 20.1 Å². The van der Waals surface area contributed by atoms with Crippen molar-refractivity contribution in [2.24, 2.45) is 0 Å². The molecule has 0 heterocycles. The molecule has 1 aromatic rings. The van der Waals surface area contributed by atoms with Gasteiger partial charge in [-0.25, -0.2) is 9.59 Å². The summed E-state index contributed by atoms with van der Waals surface area (Å²) in [6.45, 7) is 0. The van der Waals surface area contributed by atoms with Crippen molar-refractivity contribution in [2.75, 3.05) is 7.11 Å². The Morgan fingerprint density at radius 1 is 1.33 bits per heavy atom. The number of benzene rings is 1. The van der Waals surface area contributed by atoms with E-state index in [9.17, 15) is 19.8 Å². The summed E-state index contributed by atoms with van der Waals surface area (Å²) < 4.78 is 4.82. The van der Waals surface area contributed by atoms with Crippen molar-refractivity contribution < 1.29 is 29.6 Å². The van der Waals surface area contributed by atoms with Crippen LogP contribution in [0.25, 0.3) is 0 Å². The van der Waals surface area contributed by atoms with Gasteiger partial charge in [0.25, 0.3) is 0 Å². The fourth-order valence-corrected chi connectivity index (χ4v) is 1.93. The van der Waals surface area contributed by atoms with Crippen LogP contribution in [0.4, 0.5) is 0 Å². The molecule has 1 aromatic carbocycles. The van der Waals surface area contributed by atoms with Gasteiger partial charge in [-0.05, 0) is 17.7 Å². The van der Waals surface area contributed by atoms with Crippen LogP contribution >= 0.6 is 15.9 Å². The molecule has 0 fully saturated rings. The van der Waals surface area contributed by atoms with Crippen molar-refractivity contribution in [3.05, 3.63) is 33.8 Å². The first kappa shape index (κ1) is 14.6. The Morgan fingerprint density at radius 3 is 2.39 bits per heavy atom. The zero-order chi connectivity index (χ0) is 13.9. The standard InChI is InChI=1S/C11H11BrO6/c1-18-11(17)5-2-3-6(7(12)4-5)8(13)9(14)10(15)16/h2-4,8-9,13-14H,1H3,(H,15,16). The summed E-state index contributed by atoms with van der Waals surface area (Å²) >= 11 is 3.09. The van der Waals surface area contributed by atoms with E-state index >= 15 is 0 Å². The highest BCUT2D eigenvalue weighted by Crippen LogP contribution is 2.27. The number of aliphatic hydroxyl groups excluding tert-OH is 2. The molecule has 0 saturated carbocycles. The number of ether oxygens (including phenoxy) is 1. The minimum atomic E-state index is -1.94. The van der Waals surface area contributed by atoms with Crippen LogP contribution in [-0.4, -0.2) is 40.5 Å². The van der Waals surface area contributed by atoms with E-state index < -0.39 is 24.1 Å². The Balaban J connectivity index is 3.06. The Hall–Kier alpha value is -1.44. The van der Waals surface area contributed by atoms with E-state index in [1.54, 1.807) is 0 Å². The number of rotatable bonds is 4. The molecule has 7 heteroatoms. The van der Waals surface area contributed by atoms with E-state index in [0.717, 1.165) is 0 Å². The average molecular weight is 319 g/mol. The molecular weight excluding hydrogens is 308 g/mol. The molecule has 0 aliphatic carbocycles. The summed E-state index contributed by atoms with van der Waals surface area (Å²) in [5, 5.41) is 27.5. The van der Waals surface area contributed by atoms with Crippen molar-refractivity contribution in [1.82, 2.24) is 0 Å². The van der Waals surface area contributed by atoms with Gasteiger partial charge in [0.1, 0.15) is 6.10 Å². The molecule has 0 spiro atoms. The van der Waals surface area contributed by atoms with Gasteiger partial charge in [0, 0.05) is 4.47 Å². The quantitative estimate of drug-likeness (QED) is 0.706. The molecule has 0 aliphatic heterocycles. The summed E-state index contributed by atoms with van der Waals surface area (Å²) in [4.78, 5) is 21.8. The summed E-state index contributed by atoms with van der Waals surface area (Å²) in [5.74, 6) is -2.10. The van der Waals surface area contributed by atoms with Gasteiger partial charge in [-0.15, -0.1) is 0 Å². The SMILES string of the molecule is COC(=O)c1ccc(C(O)C(O)C(=O)O)c(Br)c1.